The number of rotatable bonds is 7. The molecule has 0 saturated carbocycles. The lowest BCUT2D eigenvalue weighted by Gasteiger charge is -2.31. The summed E-state index contributed by atoms with van der Waals surface area (Å²) in [5.74, 6) is 1.79. The summed E-state index contributed by atoms with van der Waals surface area (Å²) in [6.45, 7) is 8.29. The first-order valence-corrected chi connectivity index (χ1v) is 12.0. The van der Waals surface area contributed by atoms with E-state index in [0.717, 1.165) is 11.3 Å². The van der Waals surface area contributed by atoms with Gasteiger partial charge in [-0.1, -0.05) is 30.8 Å². The molecule has 3 aromatic rings. The van der Waals surface area contributed by atoms with E-state index < -0.39 is 6.17 Å². The van der Waals surface area contributed by atoms with Gasteiger partial charge in [-0.2, -0.15) is 0 Å². The topological polar surface area (TPSA) is 88.4 Å². The molecule has 0 fully saturated rings. The predicted molar refractivity (Wildman–Crippen MR) is 127 cm³/mol. The van der Waals surface area contributed by atoms with Gasteiger partial charge in [-0.05, 0) is 54.6 Å². The molecule has 0 radical (unpaired) electrons. The molecule has 0 saturated heterocycles. The highest BCUT2D eigenvalue weighted by molar-refractivity contribution is 7.99. The van der Waals surface area contributed by atoms with E-state index in [1.54, 1.807) is 9.58 Å². The second-order valence-electron chi connectivity index (χ2n) is 7.34. The quantitative estimate of drug-likeness (QED) is 0.422. The Kier molecular flexibility index (Phi) is 6.69. The minimum atomic E-state index is -0.666. The lowest BCUT2D eigenvalue weighted by molar-refractivity contribution is -0.763. The van der Waals surface area contributed by atoms with Crippen molar-refractivity contribution in [1.29, 1.82) is 0 Å². The molecule has 172 valence electrons. The zero-order chi connectivity index (χ0) is 23.5. The average Bonchev–Trinajstić information content (AvgIpc) is 2.79. The first-order valence-electron chi connectivity index (χ1n) is 11.0. The van der Waals surface area contributed by atoms with E-state index >= 15 is 0 Å². The van der Waals surface area contributed by atoms with Gasteiger partial charge < -0.3 is 9.47 Å². The van der Waals surface area contributed by atoms with E-state index in [-0.39, 0.29) is 11.5 Å². The summed E-state index contributed by atoms with van der Waals surface area (Å²) >= 11 is 1.44. The van der Waals surface area contributed by atoms with E-state index in [1.165, 1.54) is 18.7 Å². The molecule has 2 aromatic carbocycles. The zero-order valence-electron chi connectivity index (χ0n) is 19.1. The fraction of sp³-hybridized carbons (Fsp3) is 0.333. The first kappa shape index (κ1) is 22.8. The lowest BCUT2D eigenvalue weighted by atomic mass is 10.0. The molecular formula is C24H27N4O4S+. The standard InChI is InChI=1S/C24H26N4O4S/c1-5-31-19-13-12-16(14-20(19)32-6-2)23-27(15(4)29)18-11-9-8-10-17(18)21-22(30)25-24(33-7-3)26-28(21)23/h8-14,23H,5-7H2,1-4H3/p+1/t23-/m1/s1. The average molecular weight is 468 g/mol. The Morgan fingerprint density at radius 3 is 2.55 bits per heavy atom. The third-order valence-electron chi connectivity index (χ3n) is 5.24. The number of thioether (sulfide) groups is 1. The van der Waals surface area contributed by atoms with Crippen LogP contribution in [0.3, 0.4) is 0 Å². The van der Waals surface area contributed by atoms with Crippen LogP contribution in [0.4, 0.5) is 5.69 Å². The van der Waals surface area contributed by atoms with Crippen LogP contribution in [0.2, 0.25) is 0 Å². The largest absolute Gasteiger partial charge is 0.490 e. The van der Waals surface area contributed by atoms with E-state index in [9.17, 15) is 9.59 Å². The van der Waals surface area contributed by atoms with Gasteiger partial charge in [0, 0.05) is 17.6 Å². The number of benzene rings is 2. The molecule has 0 spiro atoms. The van der Waals surface area contributed by atoms with E-state index in [2.05, 4.69) is 4.98 Å². The van der Waals surface area contributed by atoms with Crippen LogP contribution in [0.5, 0.6) is 11.5 Å². The molecule has 2 heterocycles. The highest BCUT2D eigenvalue weighted by Crippen LogP contribution is 2.39. The molecule has 1 aromatic heterocycles. The lowest BCUT2D eigenvalue weighted by Crippen LogP contribution is -2.60. The number of H-pyrrole nitrogens is 1. The van der Waals surface area contributed by atoms with Gasteiger partial charge in [0.15, 0.2) is 11.5 Å². The molecular weight excluding hydrogens is 440 g/mol. The fourth-order valence-corrected chi connectivity index (χ4v) is 4.63. The molecule has 0 bridgehead atoms. The number of aromatic amines is 1. The van der Waals surface area contributed by atoms with Gasteiger partial charge >= 0.3 is 11.3 Å². The monoisotopic (exact) mass is 467 g/mol. The summed E-state index contributed by atoms with van der Waals surface area (Å²) in [5.41, 5.74) is 2.22. The summed E-state index contributed by atoms with van der Waals surface area (Å²) in [5, 5.41) is 5.24. The number of aromatic nitrogens is 3. The molecule has 1 amide bonds. The third-order valence-corrected chi connectivity index (χ3v) is 5.99. The van der Waals surface area contributed by atoms with Crippen LogP contribution in [0.1, 0.15) is 39.4 Å². The number of carbonyl (C=O) groups excluding carboxylic acids is 1. The van der Waals surface area contributed by atoms with Gasteiger partial charge in [-0.25, -0.2) is 4.90 Å². The van der Waals surface area contributed by atoms with Crippen molar-refractivity contribution in [2.45, 2.75) is 39.0 Å². The Morgan fingerprint density at radius 2 is 1.85 bits per heavy atom. The van der Waals surface area contributed by atoms with Crippen molar-refractivity contribution in [2.75, 3.05) is 23.9 Å². The number of ether oxygens (including phenoxy) is 2. The summed E-state index contributed by atoms with van der Waals surface area (Å²) in [7, 11) is 0. The van der Waals surface area contributed by atoms with Crippen molar-refractivity contribution in [3.05, 3.63) is 58.4 Å². The zero-order valence-corrected chi connectivity index (χ0v) is 19.9. The summed E-state index contributed by atoms with van der Waals surface area (Å²) in [4.78, 5) is 30.7. The smallest absolute Gasteiger partial charge is 0.325 e. The van der Waals surface area contributed by atoms with Gasteiger partial charge in [0.1, 0.15) is 0 Å². The minimum absolute atomic E-state index is 0.163. The van der Waals surface area contributed by atoms with E-state index in [4.69, 9.17) is 14.6 Å². The second-order valence-corrected chi connectivity index (χ2v) is 8.59. The molecule has 9 heteroatoms. The maximum absolute atomic E-state index is 13.2. The molecule has 8 nitrogen and oxygen atoms in total. The van der Waals surface area contributed by atoms with Crippen LogP contribution >= 0.6 is 11.8 Å². The van der Waals surface area contributed by atoms with Crippen molar-refractivity contribution in [1.82, 2.24) is 10.1 Å². The molecule has 0 unspecified atom stereocenters. The number of anilines is 1. The predicted octanol–water partition coefficient (Wildman–Crippen LogP) is 3.55. The maximum atomic E-state index is 13.2. The van der Waals surface area contributed by atoms with Gasteiger partial charge in [0.05, 0.1) is 24.5 Å². The Balaban J connectivity index is 2.00. The van der Waals surface area contributed by atoms with Gasteiger partial charge in [-0.3, -0.25) is 14.6 Å². The number of hydrogen-bond acceptors (Lipinski definition) is 6. The van der Waals surface area contributed by atoms with Crippen molar-refractivity contribution in [3.8, 4) is 22.8 Å². The van der Waals surface area contributed by atoms with Crippen LogP contribution in [0, 0.1) is 0 Å². The van der Waals surface area contributed by atoms with Crippen LogP contribution in [0.25, 0.3) is 11.3 Å². The van der Waals surface area contributed by atoms with Crippen molar-refractivity contribution < 1.29 is 19.0 Å². The number of fused-ring (bicyclic) bond motifs is 3. The highest BCUT2D eigenvalue weighted by Gasteiger charge is 2.45. The molecule has 1 N–H and O–H groups in total. The van der Waals surface area contributed by atoms with Crippen LogP contribution in [0.15, 0.2) is 52.4 Å². The molecule has 1 aliphatic heterocycles. The Bertz CT molecular complexity index is 1240. The fourth-order valence-electron chi connectivity index (χ4n) is 4.04. The summed E-state index contributed by atoms with van der Waals surface area (Å²) in [6, 6.07) is 13.0. The van der Waals surface area contributed by atoms with Gasteiger partial charge in [-0.15, -0.1) is 0 Å². The molecule has 4 rings (SSSR count). The number of nitrogens with one attached hydrogen (secondary N) is 1. The number of para-hydroxylation sites is 1. The number of carbonyl (C=O) groups is 1. The van der Waals surface area contributed by atoms with Crippen molar-refractivity contribution in [3.63, 3.8) is 0 Å². The van der Waals surface area contributed by atoms with Crippen LogP contribution in [-0.4, -0.2) is 35.0 Å². The molecule has 1 atom stereocenters. The molecule has 33 heavy (non-hydrogen) atoms. The van der Waals surface area contributed by atoms with E-state index in [0.29, 0.717) is 46.8 Å². The first-order chi connectivity index (χ1) is 16.0. The Morgan fingerprint density at radius 1 is 1.12 bits per heavy atom. The van der Waals surface area contributed by atoms with Gasteiger partial charge in [0.25, 0.3) is 6.17 Å². The Labute approximate surface area is 196 Å². The molecule has 1 aliphatic rings. The minimum Gasteiger partial charge on any atom is -0.490 e. The second kappa shape index (κ2) is 9.66. The third kappa shape index (κ3) is 4.20. The van der Waals surface area contributed by atoms with Gasteiger partial charge in [0.2, 0.25) is 11.1 Å². The number of hydrogen-bond donors (Lipinski definition) is 1. The maximum Gasteiger partial charge on any atom is 0.325 e. The highest BCUT2D eigenvalue weighted by atomic mass is 32.2. The van der Waals surface area contributed by atoms with Crippen molar-refractivity contribution in [2.24, 2.45) is 0 Å². The molecule has 0 aliphatic carbocycles. The summed E-state index contributed by atoms with van der Waals surface area (Å²) < 4.78 is 13.2. The van der Waals surface area contributed by atoms with Crippen molar-refractivity contribution >= 4 is 23.4 Å². The van der Waals surface area contributed by atoms with Crippen LogP contribution in [-0.2, 0) is 4.79 Å². The number of amides is 1. The number of nitrogens with zero attached hydrogens (tertiary/aromatic N) is 3. The summed E-state index contributed by atoms with van der Waals surface area (Å²) in [6.07, 6.45) is -0.666. The van der Waals surface area contributed by atoms with Crippen LogP contribution < -0.4 is 24.6 Å². The Hall–Kier alpha value is -3.33. The SMILES string of the molecule is CCOc1ccc([C@@H]2N(C(C)=O)c3ccccc3-c3c(=O)[nH]c(SCC)n[n+]32)cc1OCC. The normalized spacial score (nSPS) is 14.4. The van der Waals surface area contributed by atoms with E-state index in [1.807, 2.05) is 63.2 Å².